The van der Waals surface area contributed by atoms with Crippen LogP contribution in [0.25, 0.3) is 0 Å². The number of rotatable bonds is 4. The minimum atomic E-state index is 0.692. The topological polar surface area (TPSA) is 18.5 Å². The van der Waals surface area contributed by atoms with E-state index >= 15 is 0 Å². The van der Waals surface area contributed by atoms with Crippen molar-refractivity contribution >= 4 is 0 Å². The zero-order chi connectivity index (χ0) is 13.7. The molecule has 1 heterocycles. The van der Waals surface area contributed by atoms with Crippen LogP contribution in [0.4, 0.5) is 0 Å². The molecule has 112 valence electrons. The Balaban J connectivity index is 1.91. The Hall–Kier alpha value is -0.120. The van der Waals surface area contributed by atoms with Crippen LogP contribution in [0.3, 0.4) is 0 Å². The maximum absolute atomic E-state index is 3.58. The smallest absolute Gasteiger partial charge is 0.0246 e. The van der Waals surface area contributed by atoms with Gasteiger partial charge in [-0.25, -0.2) is 0 Å². The van der Waals surface area contributed by atoms with Gasteiger partial charge in [0.1, 0.15) is 0 Å². The summed E-state index contributed by atoms with van der Waals surface area (Å²) >= 11 is 0. The summed E-state index contributed by atoms with van der Waals surface area (Å²) in [6.07, 6.45) is 11.2. The van der Waals surface area contributed by atoms with Gasteiger partial charge in [0.15, 0.2) is 0 Å². The monoisotopic (exact) mass is 267 g/mol. The summed E-state index contributed by atoms with van der Waals surface area (Å²) in [5, 5.41) is 3.58. The van der Waals surface area contributed by atoms with Crippen molar-refractivity contribution in [2.45, 2.75) is 69.5 Å². The van der Waals surface area contributed by atoms with Crippen LogP contribution < -0.4 is 5.32 Å². The first kappa shape index (κ1) is 15.3. The van der Waals surface area contributed by atoms with Gasteiger partial charge in [-0.2, -0.15) is 0 Å². The molecule has 0 aromatic carbocycles. The van der Waals surface area contributed by atoms with Gasteiger partial charge in [0.2, 0.25) is 0 Å². The van der Waals surface area contributed by atoms with Gasteiger partial charge in [-0.1, -0.05) is 25.7 Å². The molecular formula is C16H33N3. The lowest BCUT2D eigenvalue weighted by Gasteiger charge is -2.38. The average Bonchev–Trinajstić information content (AvgIpc) is 2.75. The number of nitrogens with zero attached hydrogens (tertiary/aromatic N) is 2. The molecule has 3 unspecified atom stereocenters. The second kappa shape index (κ2) is 7.61. The molecule has 0 radical (unpaired) electrons. The standard InChI is InChI=1S/C16H33N3/c1-17-15-10-6-4-5-7-11-16(15)19(3)13-14-9-8-12-18(14)2/h14-17H,4-13H2,1-3H3. The van der Waals surface area contributed by atoms with Gasteiger partial charge < -0.3 is 15.1 Å². The van der Waals surface area contributed by atoms with E-state index in [0.717, 1.165) is 12.1 Å². The predicted octanol–water partition coefficient (Wildman–Crippen LogP) is 2.32. The van der Waals surface area contributed by atoms with Crippen LogP contribution in [0.5, 0.6) is 0 Å². The van der Waals surface area contributed by atoms with E-state index in [-0.39, 0.29) is 0 Å². The summed E-state index contributed by atoms with van der Waals surface area (Å²) in [5.74, 6) is 0. The molecule has 1 N–H and O–H groups in total. The van der Waals surface area contributed by atoms with Crippen molar-refractivity contribution in [3.8, 4) is 0 Å². The molecule has 1 aliphatic heterocycles. The molecule has 19 heavy (non-hydrogen) atoms. The molecule has 1 saturated carbocycles. The van der Waals surface area contributed by atoms with Gasteiger partial charge in [0, 0.05) is 24.7 Å². The summed E-state index contributed by atoms with van der Waals surface area (Å²) < 4.78 is 0. The third-order valence-corrected chi connectivity index (χ3v) is 5.34. The van der Waals surface area contributed by atoms with Crippen LogP contribution in [-0.4, -0.2) is 62.2 Å². The second-order valence-electron chi connectivity index (χ2n) is 6.67. The molecule has 3 atom stereocenters. The molecule has 0 amide bonds. The van der Waals surface area contributed by atoms with Crippen molar-refractivity contribution in [2.75, 3.05) is 34.2 Å². The van der Waals surface area contributed by atoms with E-state index in [9.17, 15) is 0 Å². The predicted molar refractivity (Wildman–Crippen MR) is 82.6 cm³/mol. The van der Waals surface area contributed by atoms with Crippen molar-refractivity contribution in [1.82, 2.24) is 15.1 Å². The van der Waals surface area contributed by atoms with Gasteiger partial charge >= 0.3 is 0 Å². The summed E-state index contributed by atoms with van der Waals surface area (Å²) in [5.41, 5.74) is 0. The quantitative estimate of drug-likeness (QED) is 0.843. The minimum Gasteiger partial charge on any atom is -0.315 e. The minimum absolute atomic E-state index is 0.692. The van der Waals surface area contributed by atoms with Crippen molar-refractivity contribution in [3.63, 3.8) is 0 Å². The number of likely N-dealkylation sites (tertiary alicyclic amines) is 1. The van der Waals surface area contributed by atoms with Crippen LogP contribution >= 0.6 is 0 Å². The SMILES string of the molecule is CNC1CCCCCCC1N(C)CC1CCCN1C. The molecule has 2 aliphatic rings. The number of hydrogen-bond acceptors (Lipinski definition) is 3. The number of nitrogens with one attached hydrogen (secondary N) is 1. The van der Waals surface area contributed by atoms with E-state index in [2.05, 4.69) is 36.3 Å². The highest BCUT2D eigenvalue weighted by molar-refractivity contribution is 4.87. The van der Waals surface area contributed by atoms with Crippen molar-refractivity contribution in [1.29, 1.82) is 0 Å². The van der Waals surface area contributed by atoms with E-state index in [0.29, 0.717) is 6.04 Å². The van der Waals surface area contributed by atoms with Crippen LogP contribution in [0.15, 0.2) is 0 Å². The van der Waals surface area contributed by atoms with Crippen LogP contribution in [0.2, 0.25) is 0 Å². The van der Waals surface area contributed by atoms with Gasteiger partial charge in [-0.3, -0.25) is 0 Å². The van der Waals surface area contributed by atoms with E-state index in [1.54, 1.807) is 0 Å². The fourth-order valence-corrected chi connectivity index (χ4v) is 4.01. The molecule has 0 spiro atoms. The third kappa shape index (κ3) is 4.17. The normalized spacial score (nSPS) is 34.4. The second-order valence-corrected chi connectivity index (χ2v) is 6.67. The highest BCUT2D eigenvalue weighted by Gasteiger charge is 2.29. The lowest BCUT2D eigenvalue weighted by molar-refractivity contribution is 0.132. The van der Waals surface area contributed by atoms with E-state index in [4.69, 9.17) is 0 Å². The number of likely N-dealkylation sites (N-methyl/N-ethyl adjacent to an activating group) is 3. The third-order valence-electron chi connectivity index (χ3n) is 5.34. The summed E-state index contributed by atoms with van der Waals surface area (Å²) in [7, 11) is 6.79. The summed E-state index contributed by atoms with van der Waals surface area (Å²) in [6.45, 7) is 2.54. The maximum Gasteiger partial charge on any atom is 0.0246 e. The van der Waals surface area contributed by atoms with E-state index in [1.165, 1.54) is 64.5 Å². The maximum atomic E-state index is 3.58. The first-order valence-corrected chi connectivity index (χ1v) is 8.30. The fraction of sp³-hybridized carbons (Fsp3) is 1.00. The Morgan fingerprint density at radius 1 is 1.05 bits per heavy atom. The van der Waals surface area contributed by atoms with Gasteiger partial charge in [-0.15, -0.1) is 0 Å². The summed E-state index contributed by atoms with van der Waals surface area (Å²) in [6, 6.07) is 2.21. The van der Waals surface area contributed by atoms with Crippen LogP contribution in [0, 0.1) is 0 Å². The van der Waals surface area contributed by atoms with Gasteiger partial charge in [0.05, 0.1) is 0 Å². The molecular weight excluding hydrogens is 234 g/mol. The molecule has 0 bridgehead atoms. The van der Waals surface area contributed by atoms with Crippen LogP contribution in [-0.2, 0) is 0 Å². The first-order chi connectivity index (χ1) is 9.22. The molecule has 0 aromatic rings. The Morgan fingerprint density at radius 3 is 2.42 bits per heavy atom. The van der Waals surface area contributed by atoms with Crippen molar-refractivity contribution in [3.05, 3.63) is 0 Å². The molecule has 3 heteroatoms. The van der Waals surface area contributed by atoms with E-state index < -0.39 is 0 Å². The molecule has 1 saturated heterocycles. The average molecular weight is 267 g/mol. The molecule has 1 aliphatic carbocycles. The highest BCUT2D eigenvalue weighted by Crippen LogP contribution is 2.23. The van der Waals surface area contributed by atoms with Crippen molar-refractivity contribution in [2.24, 2.45) is 0 Å². The Bertz CT molecular complexity index is 256. The summed E-state index contributed by atoms with van der Waals surface area (Å²) in [4.78, 5) is 5.20. The largest absolute Gasteiger partial charge is 0.315 e. The molecule has 3 nitrogen and oxygen atoms in total. The van der Waals surface area contributed by atoms with Crippen LogP contribution in [0.1, 0.15) is 51.4 Å². The van der Waals surface area contributed by atoms with E-state index in [1.807, 2.05) is 0 Å². The van der Waals surface area contributed by atoms with Crippen molar-refractivity contribution < 1.29 is 0 Å². The number of hydrogen-bond donors (Lipinski definition) is 1. The molecule has 2 rings (SSSR count). The Labute approximate surface area is 119 Å². The Morgan fingerprint density at radius 2 is 1.79 bits per heavy atom. The lowest BCUT2D eigenvalue weighted by Crippen LogP contribution is -2.51. The molecule has 2 fully saturated rings. The Kier molecular flexibility index (Phi) is 6.11. The van der Waals surface area contributed by atoms with Gasteiger partial charge in [0.25, 0.3) is 0 Å². The highest BCUT2D eigenvalue weighted by atomic mass is 15.2. The van der Waals surface area contributed by atoms with Gasteiger partial charge in [-0.05, 0) is 53.4 Å². The zero-order valence-electron chi connectivity index (χ0n) is 13.2. The zero-order valence-corrected chi connectivity index (χ0v) is 13.2. The lowest BCUT2D eigenvalue weighted by atomic mass is 9.91. The molecule has 0 aromatic heterocycles. The fourth-order valence-electron chi connectivity index (χ4n) is 4.01. The first-order valence-electron chi connectivity index (χ1n) is 8.30.